The molecule has 4 aromatic rings. The van der Waals surface area contributed by atoms with Crippen molar-refractivity contribution in [3.63, 3.8) is 0 Å². The molecule has 3 aromatic carbocycles. The first-order valence-corrected chi connectivity index (χ1v) is 12.6. The van der Waals surface area contributed by atoms with E-state index in [9.17, 15) is 14.7 Å². The van der Waals surface area contributed by atoms with E-state index in [2.05, 4.69) is 25.8 Å². The number of aryl methyl sites for hydroxylation is 2. The van der Waals surface area contributed by atoms with Crippen LogP contribution in [0.15, 0.2) is 72.3 Å². The summed E-state index contributed by atoms with van der Waals surface area (Å²) in [5.41, 5.74) is 5.22. The lowest BCUT2D eigenvalue weighted by Gasteiger charge is -2.26. The number of carbonyl (C=O) groups excluding carboxylic acids is 2. The van der Waals surface area contributed by atoms with E-state index in [0.717, 1.165) is 33.3 Å². The predicted molar refractivity (Wildman–Crippen MR) is 149 cm³/mol. The Morgan fingerprint density at radius 3 is 2.41 bits per heavy atom. The van der Waals surface area contributed by atoms with Crippen molar-refractivity contribution < 1.29 is 14.7 Å². The van der Waals surface area contributed by atoms with E-state index in [4.69, 9.17) is 11.6 Å². The Kier molecular flexibility index (Phi) is 5.99. The standard InChI is InChI=1S/C31H29ClN2O3/c1-17-13-14-19(31(3,4)5)15-23(17)28(35)26-27(25-18(2)33-24-12-7-6-11-22(24)25)34(30(37)29(26)36)21-10-8-9-20(32)16-21/h6-16,27,33,35H,1-5H3/b28-26+. The Labute approximate surface area is 221 Å². The number of fused-ring (bicyclic) bond motifs is 1. The van der Waals surface area contributed by atoms with E-state index >= 15 is 0 Å². The number of ketones is 1. The van der Waals surface area contributed by atoms with Crippen LogP contribution in [0.4, 0.5) is 5.69 Å². The van der Waals surface area contributed by atoms with Crippen LogP contribution in [0.25, 0.3) is 16.7 Å². The quantitative estimate of drug-likeness (QED) is 0.171. The van der Waals surface area contributed by atoms with Crippen LogP contribution in [0.5, 0.6) is 0 Å². The van der Waals surface area contributed by atoms with Gasteiger partial charge in [0.2, 0.25) is 0 Å². The van der Waals surface area contributed by atoms with Crippen molar-refractivity contribution in [1.29, 1.82) is 0 Å². The number of hydrogen-bond acceptors (Lipinski definition) is 3. The molecule has 6 heteroatoms. The largest absolute Gasteiger partial charge is 0.507 e. The van der Waals surface area contributed by atoms with Crippen molar-refractivity contribution in [2.75, 3.05) is 4.90 Å². The molecule has 2 heterocycles. The summed E-state index contributed by atoms with van der Waals surface area (Å²) in [6, 6.07) is 19.7. The summed E-state index contributed by atoms with van der Waals surface area (Å²) < 4.78 is 0. The summed E-state index contributed by atoms with van der Waals surface area (Å²) >= 11 is 6.29. The van der Waals surface area contributed by atoms with Crippen LogP contribution in [0.3, 0.4) is 0 Å². The van der Waals surface area contributed by atoms with Crippen LogP contribution in [0.1, 0.15) is 54.8 Å². The number of nitrogens with one attached hydrogen (secondary N) is 1. The third-order valence-corrected chi connectivity index (χ3v) is 7.34. The number of anilines is 1. The minimum absolute atomic E-state index is 0.0620. The highest BCUT2D eigenvalue weighted by molar-refractivity contribution is 6.52. The molecule has 2 N–H and O–H groups in total. The zero-order valence-corrected chi connectivity index (χ0v) is 22.3. The maximum atomic E-state index is 13.7. The third kappa shape index (κ3) is 4.13. The Hall–Kier alpha value is -3.83. The number of benzene rings is 3. The monoisotopic (exact) mass is 512 g/mol. The molecule has 1 aliphatic heterocycles. The first-order chi connectivity index (χ1) is 17.5. The lowest BCUT2D eigenvalue weighted by atomic mass is 9.84. The van der Waals surface area contributed by atoms with Crippen LogP contribution in [0.2, 0.25) is 5.02 Å². The summed E-state index contributed by atoms with van der Waals surface area (Å²) in [6.45, 7) is 10.1. The Bertz CT molecular complexity index is 1610. The van der Waals surface area contributed by atoms with Gasteiger partial charge in [-0.3, -0.25) is 14.5 Å². The van der Waals surface area contributed by atoms with Gasteiger partial charge in [-0.1, -0.05) is 68.8 Å². The fourth-order valence-electron chi connectivity index (χ4n) is 5.14. The van der Waals surface area contributed by atoms with Crippen LogP contribution in [0, 0.1) is 13.8 Å². The molecule has 37 heavy (non-hydrogen) atoms. The van der Waals surface area contributed by atoms with Gasteiger partial charge in [-0.05, 0) is 60.7 Å². The van der Waals surface area contributed by atoms with Gasteiger partial charge in [-0.15, -0.1) is 0 Å². The number of carbonyl (C=O) groups is 2. The molecule has 188 valence electrons. The van der Waals surface area contributed by atoms with Crippen molar-refractivity contribution in [3.8, 4) is 0 Å². The average Bonchev–Trinajstić information content (AvgIpc) is 3.30. The van der Waals surface area contributed by atoms with E-state index in [0.29, 0.717) is 16.3 Å². The predicted octanol–water partition coefficient (Wildman–Crippen LogP) is 7.36. The number of aromatic amines is 1. The van der Waals surface area contributed by atoms with Gasteiger partial charge in [-0.25, -0.2) is 0 Å². The average molecular weight is 513 g/mol. The number of Topliss-reactive ketones (excluding diaryl/α,β-unsaturated/α-hetero) is 1. The second-order valence-electron chi connectivity index (χ2n) is 10.6. The van der Waals surface area contributed by atoms with Crippen molar-refractivity contribution in [2.45, 2.75) is 46.1 Å². The molecule has 0 spiro atoms. The highest BCUT2D eigenvalue weighted by Crippen LogP contribution is 2.46. The summed E-state index contributed by atoms with van der Waals surface area (Å²) in [7, 11) is 0. The fourth-order valence-corrected chi connectivity index (χ4v) is 5.32. The van der Waals surface area contributed by atoms with Crippen molar-refractivity contribution >= 4 is 45.6 Å². The Morgan fingerprint density at radius 1 is 0.973 bits per heavy atom. The van der Waals surface area contributed by atoms with Crippen molar-refractivity contribution in [2.24, 2.45) is 0 Å². The molecule has 1 unspecified atom stereocenters. The highest BCUT2D eigenvalue weighted by Gasteiger charge is 2.48. The number of aromatic nitrogens is 1. The lowest BCUT2D eigenvalue weighted by molar-refractivity contribution is -0.132. The van der Waals surface area contributed by atoms with Crippen molar-refractivity contribution in [3.05, 3.63) is 105 Å². The molecule has 5 rings (SSSR count). The maximum absolute atomic E-state index is 13.7. The summed E-state index contributed by atoms with van der Waals surface area (Å²) in [4.78, 5) is 32.1. The summed E-state index contributed by atoms with van der Waals surface area (Å²) in [5.74, 6) is -1.61. The molecule has 0 saturated carbocycles. The van der Waals surface area contributed by atoms with Crippen LogP contribution in [-0.2, 0) is 15.0 Å². The van der Waals surface area contributed by atoms with E-state index in [-0.39, 0.29) is 16.7 Å². The summed E-state index contributed by atoms with van der Waals surface area (Å²) in [6.07, 6.45) is 0. The molecule has 1 atom stereocenters. The minimum Gasteiger partial charge on any atom is -0.507 e. The number of amides is 1. The zero-order valence-electron chi connectivity index (χ0n) is 21.5. The number of H-pyrrole nitrogens is 1. The van der Waals surface area contributed by atoms with Gasteiger partial charge in [-0.2, -0.15) is 0 Å². The van der Waals surface area contributed by atoms with Crippen molar-refractivity contribution in [1.82, 2.24) is 4.98 Å². The molecular weight excluding hydrogens is 484 g/mol. The van der Waals surface area contributed by atoms with Crippen LogP contribution >= 0.6 is 11.6 Å². The molecule has 1 amide bonds. The molecule has 1 aromatic heterocycles. The highest BCUT2D eigenvalue weighted by atomic mass is 35.5. The van der Waals surface area contributed by atoms with Gasteiger partial charge in [0.25, 0.3) is 11.7 Å². The second-order valence-corrected chi connectivity index (χ2v) is 11.1. The number of aliphatic hydroxyl groups is 1. The number of rotatable bonds is 3. The first-order valence-electron chi connectivity index (χ1n) is 12.2. The van der Waals surface area contributed by atoms with Gasteiger partial charge < -0.3 is 10.1 Å². The smallest absolute Gasteiger partial charge is 0.300 e. The van der Waals surface area contributed by atoms with E-state index in [1.54, 1.807) is 24.3 Å². The van der Waals surface area contributed by atoms with E-state index in [1.807, 2.05) is 56.3 Å². The number of para-hydroxylation sites is 1. The number of nitrogens with zero attached hydrogens (tertiary/aromatic N) is 1. The van der Waals surface area contributed by atoms with Gasteiger partial charge >= 0.3 is 0 Å². The zero-order chi connectivity index (χ0) is 26.6. The molecule has 5 nitrogen and oxygen atoms in total. The number of aliphatic hydroxyl groups excluding tert-OH is 1. The van der Waals surface area contributed by atoms with Crippen LogP contribution in [-0.4, -0.2) is 21.8 Å². The molecule has 0 aliphatic carbocycles. The molecule has 1 aliphatic rings. The first kappa shape index (κ1) is 24.8. The van der Waals surface area contributed by atoms with Gasteiger partial charge in [0.1, 0.15) is 5.76 Å². The van der Waals surface area contributed by atoms with Gasteiger partial charge in [0.05, 0.1) is 11.6 Å². The lowest BCUT2D eigenvalue weighted by Crippen LogP contribution is -2.29. The van der Waals surface area contributed by atoms with Crippen LogP contribution < -0.4 is 4.90 Å². The normalized spacial score (nSPS) is 17.7. The maximum Gasteiger partial charge on any atom is 0.300 e. The molecular formula is C31H29ClN2O3. The third-order valence-electron chi connectivity index (χ3n) is 7.11. The Balaban J connectivity index is 1.83. The van der Waals surface area contributed by atoms with E-state index < -0.39 is 17.7 Å². The Morgan fingerprint density at radius 2 is 1.70 bits per heavy atom. The van der Waals surface area contributed by atoms with Gasteiger partial charge in [0, 0.05) is 38.4 Å². The SMILES string of the molecule is Cc1ccc(C(C)(C)C)cc1/C(O)=C1\C(=O)C(=O)N(c2cccc(Cl)c2)C1c1c(C)[nH]c2ccccc12. The van der Waals surface area contributed by atoms with Gasteiger partial charge in [0.15, 0.2) is 0 Å². The molecule has 0 radical (unpaired) electrons. The molecule has 1 fully saturated rings. The molecule has 0 bridgehead atoms. The number of halogens is 1. The fraction of sp³-hybridized carbons (Fsp3) is 0.226. The minimum atomic E-state index is -0.840. The second kappa shape index (κ2) is 8.93. The topological polar surface area (TPSA) is 73.4 Å². The summed E-state index contributed by atoms with van der Waals surface area (Å²) in [5, 5.41) is 13.1. The number of hydrogen-bond donors (Lipinski definition) is 2. The molecule has 1 saturated heterocycles. The van der Waals surface area contributed by atoms with E-state index in [1.165, 1.54) is 4.90 Å².